The molecule has 0 bridgehead atoms. The second kappa shape index (κ2) is 4.97. The van der Waals surface area contributed by atoms with Crippen molar-refractivity contribution in [2.45, 2.75) is 12.5 Å². The third kappa shape index (κ3) is 2.31. The standard InChI is InChI=1S/C15H16N2O2/c1-19-13-6-8-17(10-13)15(18)12-4-5-14-11(9-12)3-2-7-16-14/h2-5,7,9,13H,6,8,10H2,1H3/t13-/m0/s1. The minimum atomic E-state index is 0.0744. The molecule has 3 rings (SSSR count). The maximum Gasteiger partial charge on any atom is 0.253 e. The molecule has 4 heteroatoms. The Morgan fingerprint density at radius 3 is 3.11 bits per heavy atom. The van der Waals surface area contributed by atoms with Gasteiger partial charge in [0.15, 0.2) is 0 Å². The number of fused-ring (bicyclic) bond motifs is 1. The molecular weight excluding hydrogens is 240 g/mol. The fourth-order valence-electron chi connectivity index (χ4n) is 2.50. The van der Waals surface area contributed by atoms with Gasteiger partial charge in [-0.1, -0.05) is 6.07 Å². The molecule has 1 atom stereocenters. The average molecular weight is 256 g/mol. The van der Waals surface area contributed by atoms with Crippen LogP contribution in [0.25, 0.3) is 10.9 Å². The van der Waals surface area contributed by atoms with Gasteiger partial charge < -0.3 is 9.64 Å². The largest absolute Gasteiger partial charge is 0.380 e. The van der Waals surface area contributed by atoms with Crippen LogP contribution in [-0.4, -0.2) is 42.1 Å². The highest BCUT2D eigenvalue weighted by Crippen LogP contribution is 2.18. The lowest BCUT2D eigenvalue weighted by atomic mass is 10.1. The molecule has 0 unspecified atom stereocenters. The van der Waals surface area contributed by atoms with E-state index in [-0.39, 0.29) is 12.0 Å². The highest BCUT2D eigenvalue weighted by atomic mass is 16.5. The predicted octanol–water partition coefficient (Wildman–Crippen LogP) is 2.10. The lowest BCUT2D eigenvalue weighted by Crippen LogP contribution is -2.29. The zero-order valence-electron chi connectivity index (χ0n) is 10.9. The van der Waals surface area contributed by atoms with Crippen molar-refractivity contribution >= 4 is 16.8 Å². The van der Waals surface area contributed by atoms with Gasteiger partial charge in [0.2, 0.25) is 0 Å². The van der Waals surface area contributed by atoms with E-state index in [2.05, 4.69) is 4.98 Å². The van der Waals surface area contributed by atoms with Gasteiger partial charge in [-0.2, -0.15) is 0 Å². The molecule has 98 valence electrons. The lowest BCUT2D eigenvalue weighted by molar-refractivity contribution is 0.0724. The Labute approximate surface area is 112 Å². The quantitative estimate of drug-likeness (QED) is 0.826. The molecule has 1 aromatic heterocycles. The first kappa shape index (κ1) is 12.1. The van der Waals surface area contributed by atoms with Gasteiger partial charge in [-0.3, -0.25) is 9.78 Å². The molecule has 0 spiro atoms. The molecule has 0 radical (unpaired) electrons. The van der Waals surface area contributed by atoms with E-state index in [1.165, 1.54) is 0 Å². The Hall–Kier alpha value is -1.94. The van der Waals surface area contributed by atoms with Gasteiger partial charge >= 0.3 is 0 Å². The third-order valence-electron chi connectivity index (χ3n) is 3.62. The van der Waals surface area contributed by atoms with E-state index >= 15 is 0 Å². The number of carbonyl (C=O) groups excluding carboxylic acids is 1. The Bertz CT molecular complexity index is 612. The predicted molar refractivity (Wildman–Crippen MR) is 73.1 cm³/mol. The normalized spacial score (nSPS) is 19.0. The number of rotatable bonds is 2. The smallest absolute Gasteiger partial charge is 0.253 e. The molecule has 1 aromatic carbocycles. The van der Waals surface area contributed by atoms with Crippen LogP contribution in [0.3, 0.4) is 0 Å². The Kier molecular flexibility index (Phi) is 3.17. The summed E-state index contributed by atoms with van der Waals surface area (Å²) in [7, 11) is 1.69. The van der Waals surface area contributed by atoms with Gasteiger partial charge in [-0.05, 0) is 30.7 Å². The molecule has 4 nitrogen and oxygen atoms in total. The van der Waals surface area contributed by atoms with Crippen LogP contribution in [0.1, 0.15) is 16.8 Å². The van der Waals surface area contributed by atoms with Crippen LogP contribution in [0.2, 0.25) is 0 Å². The van der Waals surface area contributed by atoms with Crippen LogP contribution in [0.4, 0.5) is 0 Å². The molecule has 0 N–H and O–H groups in total. The highest BCUT2D eigenvalue weighted by Gasteiger charge is 2.26. The Morgan fingerprint density at radius 1 is 1.42 bits per heavy atom. The van der Waals surface area contributed by atoms with Crippen molar-refractivity contribution in [3.63, 3.8) is 0 Å². The first-order valence-corrected chi connectivity index (χ1v) is 6.45. The molecule has 2 aromatic rings. The number of pyridine rings is 1. The number of carbonyl (C=O) groups is 1. The van der Waals surface area contributed by atoms with Crippen LogP contribution in [0.15, 0.2) is 36.5 Å². The van der Waals surface area contributed by atoms with Crippen molar-refractivity contribution in [2.75, 3.05) is 20.2 Å². The molecule has 0 saturated carbocycles. The van der Waals surface area contributed by atoms with E-state index in [4.69, 9.17) is 4.74 Å². The van der Waals surface area contributed by atoms with Gasteiger partial charge in [-0.15, -0.1) is 0 Å². The molecule has 1 amide bonds. The van der Waals surface area contributed by atoms with Gasteiger partial charge in [0.05, 0.1) is 11.6 Å². The number of hydrogen-bond donors (Lipinski definition) is 0. The summed E-state index contributed by atoms with van der Waals surface area (Å²) in [6.45, 7) is 1.45. The van der Waals surface area contributed by atoms with E-state index in [0.29, 0.717) is 6.54 Å². The van der Waals surface area contributed by atoms with Crippen LogP contribution < -0.4 is 0 Å². The fourth-order valence-corrected chi connectivity index (χ4v) is 2.50. The van der Waals surface area contributed by atoms with Gasteiger partial charge in [0.1, 0.15) is 0 Å². The number of benzene rings is 1. The zero-order valence-corrected chi connectivity index (χ0v) is 10.9. The molecule has 19 heavy (non-hydrogen) atoms. The summed E-state index contributed by atoms with van der Waals surface area (Å²) >= 11 is 0. The third-order valence-corrected chi connectivity index (χ3v) is 3.62. The maximum atomic E-state index is 12.4. The van der Waals surface area contributed by atoms with Crippen LogP contribution >= 0.6 is 0 Å². The molecule has 0 aliphatic carbocycles. The minimum absolute atomic E-state index is 0.0744. The van der Waals surface area contributed by atoms with Crippen LogP contribution in [0.5, 0.6) is 0 Å². The minimum Gasteiger partial charge on any atom is -0.380 e. The second-order valence-corrected chi connectivity index (χ2v) is 4.81. The number of hydrogen-bond acceptors (Lipinski definition) is 3. The monoisotopic (exact) mass is 256 g/mol. The van der Waals surface area contributed by atoms with Crippen LogP contribution in [-0.2, 0) is 4.74 Å². The number of likely N-dealkylation sites (tertiary alicyclic amines) is 1. The summed E-state index contributed by atoms with van der Waals surface area (Å²) in [5.41, 5.74) is 1.63. The summed E-state index contributed by atoms with van der Waals surface area (Å²) in [6.07, 6.45) is 2.84. The molecule has 2 heterocycles. The van der Waals surface area contributed by atoms with E-state index in [1.807, 2.05) is 35.2 Å². The molecule has 1 saturated heterocycles. The first-order valence-electron chi connectivity index (χ1n) is 6.45. The lowest BCUT2D eigenvalue weighted by Gasteiger charge is -2.16. The van der Waals surface area contributed by atoms with E-state index in [9.17, 15) is 4.79 Å². The number of aromatic nitrogens is 1. The fraction of sp³-hybridized carbons (Fsp3) is 0.333. The van der Waals surface area contributed by atoms with E-state index in [1.54, 1.807) is 13.3 Å². The molecule has 1 aliphatic heterocycles. The summed E-state index contributed by atoms with van der Waals surface area (Å²) in [4.78, 5) is 18.5. The first-order chi connectivity index (χ1) is 9.28. The Morgan fingerprint density at radius 2 is 2.32 bits per heavy atom. The van der Waals surface area contributed by atoms with Crippen molar-refractivity contribution in [3.8, 4) is 0 Å². The maximum absolute atomic E-state index is 12.4. The van der Waals surface area contributed by atoms with Crippen molar-refractivity contribution in [1.29, 1.82) is 0 Å². The summed E-state index contributed by atoms with van der Waals surface area (Å²) in [5.74, 6) is 0.0744. The molecule has 1 aliphatic rings. The van der Waals surface area contributed by atoms with E-state index in [0.717, 1.165) is 29.4 Å². The molecule has 1 fully saturated rings. The Balaban J connectivity index is 1.85. The van der Waals surface area contributed by atoms with Crippen molar-refractivity contribution < 1.29 is 9.53 Å². The van der Waals surface area contributed by atoms with Gasteiger partial charge in [-0.25, -0.2) is 0 Å². The highest BCUT2D eigenvalue weighted by molar-refractivity contribution is 5.98. The molecular formula is C15H16N2O2. The average Bonchev–Trinajstić information content (AvgIpc) is 2.95. The SMILES string of the molecule is CO[C@H]1CCN(C(=O)c2ccc3ncccc3c2)C1. The number of ether oxygens (including phenoxy) is 1. The number of amides is 1. The van der Waals surface area contributed by atoms with Gasteiger partial charge in [0.25, 0.3) is 5.91 Å². The number of nitrogens with zero attached hydrogens (tertiary/aromatic N) is 2. The van der Waals surface area contributed by atoms with Crippen LogP contribution in [0, 0.1) is 0 Å². The van der Waals surface area contributed by atoms with Crippen molar-refractivity contribution in [1.82, 2.24) is 9.88 Å². The second-order valence-electron chi connectivity index (χ2n) is 4.81. The van der Waals surface area contributed by atoms with Crippen molar-refractivity contribution in [3.05, 3.63) is 42.1 Å². The summed E-state index contributed by atoms with van der Waals surface area (Å²) in [6, 6.07) is 9.50. The zero-order chi connectivity index (χ0) is 13.2. The van der Waals surface area contributed by atoms with Crippen molar-refractivity contribution in [2.24, 2.45) is 0 Å². The summed E-state index contributed by atoms with van der Waals surface area (Å²) < 4.78 is 5.29. The number of methoxy groups -OCH3 is 1. The topological polar surface area (TPSA) is 42.4 Å². The van der Waals surface area contributed by atoms with Gasteiger partial charge in [0, 0.05) is 37.3 Å². The van der Waals surface area contributed by atoms with E-state index < -0.39 is 0 Å². The summed E-state index contributed by atoms with van der Waals surface area (Å²) in [5, 5.41) is 0.996.